The minimum Gasteiger partial charge on any atom is -0.344 e. The number of carbonyl (C=O) groups excluding carboxylic acids is 1. The maximum Gasteiger partial charge on any atom is 0.270 e. The second-order valence-corrected chi connectivity index (χ2v) is 4.24. The number of nitrogens with two attached hydrogens (primary N) is 1. The largest absolute Gasteiger partial charge is 0.344 e. The van der Waals surface area contributed by atoms with E-state index in [0.29, 0.717) is 12.2 Å². The van der Waals surface area contributed by atoms with Crippen molar-refractivity contribution in [3.63, 3.8) is 0 Å². The molecule has 0 bridgehead atoms. The number of hydrogen-bond acceptors (Lipinski definition) is 3. The third-order valence-corrected chi connectivity index (χ3v) is 2.77. The van der Waals surface area contributed by atoms with Gasteiger partial charge in [-0.25, -0.2) is 4.98 Å². The Bertz CT molecular complexity index is 372. The maximum atomic E-state index is 11.9. The first-order chi connectivity index (χ1) is 7.50. The number of nitrogens with zero attached hydrogens (tertiary/aromatic N) is 1. The number of nitrogens with one attached hydrogen (secondary N) is 1. The van der Waals surface area contributed by atoms with Gasteiger partial charge < -0.3 is 11.1 Å². The first-order valence-electron chi connectivity index (χ1n) is 5.47. The molecule has 0 aliphatic heterocycles. The summed E-state index contributed by atoms with van der Waals surface area (Å²) in [4.78, 5) is 16.1. The lowest BCUT2D eigenvalue weighted by atomic mass is 9.99. The Balaban J connectivity index is 2.80. The molecule has 1 amide bonds. The summed E-state index contributed by atoms with van der Waals surface area (Å²) in [6.45, 7) is 6.21. The normalized spacial score (nSPS) is 14.2. The molecule has 0 saturated heterocycles. The molecule has 0 aromatic carbocycles. The third kappa shape index (κ3) is 3.03. The van der Waals surface area contributed by atoms with Crippen LogP contribution >= 0.6 is 0 Å². The van der Waals surface area contributed by atoms with Gasteiger partial charge >= 0.3 is 0 Å². The first kappa shape index (κ1) is 12.6. The molecular formula is C12H19N3O. The van der Waals surface area contributed by atoms with Crippen LogP contribution in [0, 0.1) is 6.92 Å². The fraction of sp³-hybridized carbons (Fsp3) is 0.500. The lowest BCUT2D eigenvalue weighted by Crippen LogP contribution is -2.51. The quantitative estimate of drug-likeness (QED) is 0.804. The van der Waals surface area contributed by atoms with Crippen molar-refractivity contribution < 1.29 is 4.79 Å². The molecule has 1 aromatic rings. The van der Waals surface area contributed by atoms with Gasteiger partial charge in [0.05, 0.1) is 0 Å². The van der Waals surface area contributed by atoms with Crippen LogP contribution in [-0.2, 0) is 0 Å². The van der Waals surface area contributed by atoms with E-state index in [2.05, 4.69) is 10.3 Å². The summed E-state index contributed by atoms with van der Waals surface area (Å²) in [5.41, 5.74) is 6.55. The number of hydrogen-bond donors (Lipinski definition) is 2. The number of aryl methyl sites for hydroxylation is 1. The Hall–Kier alpha value is -1.42. The highest BCUT2D eigenvalue weighted by Crippen LogP contribution is 2.08. The first-order valence-corrected chi connectivity index (χ1v) is 5.47. The zero-order chi connectivity index (χ0) is 12.2. The second kappa shape index (κ2) is 5.07. The summed E-state index contributed by atoms with van der Waals surface area (Å²) < 4.78 is 0. The molecule has 16 heavy (non-hydrogen) atoms. The van der Waals surface area contributed by atoms with E-state index >= 15 is 0 Å². The third-order valence-electron chi connectivity index (χ3n) is 2.77. The molecule has 0 fully saturated rings. The van der Waals surface area contributed by atoms with Gasteiger partial charge in [-0.2, -0.15) is 0 Å². The fourth-order valence-corrected chi connectivity index (χ4v) is 1.29. The van der Waals surface area contributed by atoms with E-state index < -0.39 is 0 Å². The Morgan fingerprint density at radius 2 is 2.25 bits per heavy atom. The Labute approximate surface area is 96.3 Å². The lowest BCUT2D eigenvalue weighted by Gasteiger charge is -2.27. The van der Waals surface area contributed by atoms with Gasteiger partial charge in [-0.1, -0.05) is 13.0 Å². The molecule has 0 radical (unpaired) electrons. The SMILES string of the molecule is CCC(C)(CN)NC(=O)c1cccc(C)n1. The molecule has 0 aliphatic rings. The van der Waals surface area contributed by atoms with Crippen molar-refractivity contribution in [1.29, 1.82) is 0 Å². The van der Waals surface area contributed by atoms with Crippen molar-refractivity contribution in [2.45, 2.75) is 32.7 Å². The van der Waals surface area contributed by atoms with Gasteiger partial charge in [-0.05, 0) is 32.4 Å². The van der Waals surface area contributed by atoms with E-state index in [1.165, 1.54) is 0 Å². The highest BCUT2D eigenvalue weighted by atomic mass is 16.2. The van der Waals surface area contributed by atoms with E-state index in [4.69, 9.17) is 5.73 Å². The van der Waals surface area contributed by atoms with Crippen LogP contribution in [0.2, 0.25) is 0 Å². The number of rotatable bonds is 4. The molecule has 4 nitrogen and oxygen atoms in total. The van der Waals surface area contributed by atoms with E-state index in [1.807, 2.05) is 32.9 Å². The molecule has 1 heterocycles. The Morgan fingerprint density at radius 1 is 1.56 bits per heavy atom. The van der Waals surface area contributed by atoms with Crippen molar-refractivity contribution in [2.24, 2.45) is 5.73 Å². The van der Waals surface area contributed by atoms with Crippen molar-refractivity contribution >= 4 is 5.91 Å². The molecule has 1 unspecified atom stereocenters. The summed E-state index contributed by atoms with van der Waals surface area (Å²) in [6, 6.07) is 5.39. The minimum atomic E-state index is -0.359. The lowest BCUT2D eigenvalue weighted by molar-refractivity contribution is 0.0901. The van der Waals surface area contributed by atoms with Crippen LogP contribution < -0.4 is 11.1 Å². The van der Waals surface area contributed by atoms with Gasteiger partial charge in [0.25, 0.3) is 5.91 Å². The van der Waals surface area contributed by atoms with Crippen LogP contribution in [0.3, 0.4) is 0 Å². The van der Waals surface area contributed by atoms with Gasteiger partial charge in [0.15, 0.2) is 0 Å². The molecule has 4 heteroatoms. The summed E-state index contributed by atoms with van der Waals surface area (Å²) in [6.07, 6.45) is 0.793. The predicted octanol–water partition coefficient (Wildman–Crippen LogP) is 1.25. The monoisotopic (exact) mass is 221 g/mol. The summed E-state index contributed by atoms with van der Waals surface area (Å²) in [7, 11) is 0. The molecule has 3 N–H and O–H groups in total. The summed E-state index contributed by atoms with van der Waals surface area (Å²) in [5.74, 6) is -0.168. The van der Waals surface area contributed by atoms with E-state index in [-0.39, 0.29) is 11.4 Å². The average Bonchev–Trinajstić information content (AvgIpc) is 2.29. The zero-order valence-electron chi connectivity index (χ0n) is 10.1. The average molecular weight is 221 g/mol. The van der Waals surface area contributed by atoms with Crippen LogP contribution in [0.5, 0.6) is 0 Å². The second-order valence-electron chi connectivity index (χ2n) is 4.24. The van der Waals surface area contributed by atoms with Gasteiger partial charge in [-0.15, -0.1) is 0 Å². The standard InChI is InChI=1S/C12H19N3O/c1-4-12(3,8-13)15-11(16)10-7-5-6-9(2)14-10/h5-7H,4,8,13H2,1-3H3,(H,15,16). The fourth-order valence-electron chi connectivity index (χ4n) is 1.29. The zero-order valence-corrected chi connectivity index (χ0v) is 10.1. The van der Waals surface area contributed by atoms with Gasteiger partial charge in [-0.3, -0.25) is 4.79 Å². The van der Waals surface area contributed by atoms with Crippen LogP contribution in [0.25, 0.3) is 0 Å². The van der Waals surface area contributed by atoms with Crippen molar-refractivity contribution in [3.05, 3.63) is 29.6 Å². The Morgan fingerprint density at radius 3 is 2.75 bits per heavy atom. The smallest absolute Gasteiger partial charge is 0.270 e. The molecule has 1 rings (SSSR count). The number of pyridine rings is 1. The van der Waals surface area contributed by atoms with Crippen LogP contribution in [0.1, 0.15) is 36.5 Å². The van der Waals surface area contributed by atoms with E-state index in [1.54, 1.807) is 6.07 Å². The molecule has 0 saturated carbocycles. The minimum absolute atomic E-state index is 0.168. The number of aromatic nitrogens is 1. The van der Waals surface area contributed by atoms with E-state index in [9.17, 15) is 4.79 Å². The van der Waals surface area contributed by atoms with Crippen LogP contribution in [0.15, 0.2) is 18.2 Å². The van der Waals surface area contributed by atoms with Crippen molar-refractivity contribution in [2.75, 3.05) is 6.54 Å². The van der Waals surface area contributed by atoms with Gasteiger partial charge in [0, 0.05) is 17.8 Å². The van der Waals surface area contributed by atoms with Crippen molar-refractivity contribution in [1.82, 2.24) is 10.3 Å². The number of amides is 1. The topological polar surface area (TPSA) is 68.0 Å². The molecule has 0 aliphatic carbocycles. The molecule has 1 atom stereocenters. The van der Waals surface area contributed by atoms with Gasteiger partial charge in [0.2, 0.25) is 0 Å². The molecular weight excluding hydrogens is 202 g/mol. The van der Waals surface area contributed by atoms with Crippen LogP contribution in [0.4, 0.5) is 0 Å². The highest BCUT2D eigenvalue weighted by molar-refractivity contribution is 5.92. The molecule has 1 aromatic heterocycles. The molecule has 0 spiro atoms. The van der Waals surface area contributed by atoms with Crippen LogP contribution in [-0.4, -0.2) is 23.0 Å². The molecule has 88 valence electrons. The Kier molecular flexibility index (Phi) is 4.01. The van der Waals surface area contributed by atoms with Crippen molar-refractivity contribution in [3.8, 4) is 0 Å². The van der Waals surface area contributed by atoms with E-state index in [0.717, 1.165) is 12.1 Å². The van der Waals surface area contributed by atoms with Gasteiger partial charge in [0.1, 0.15) is 5.69 Å². The highest BCUT2D eigenvalue weighted by Gasteiger charge is 2.23. The summed E-state index contributed by atoms with van der Waals surface area (Å²) >= 11 is 0. The number of carbonyl (C=O) groups is 1. The predicted molar refractivity (Wildman–Crippen MR) is 64.2 cm³/mol. The maximum absolute atomic E-state index is 11.9. The summed E-state index contributed by atoms with van der Waals surface area (Å²) in [5, 5.41) is 2.91.